The third-order valence-corrected chi connectivity index (χ3v) is 5.20. The molecule has 0 spiro atoms. The Hall–Kier alpha value is -0.860. The molecule has 0 aromatic heterocycles. The first-order chi connectivity index (χ1) is 10.4. The summed E-state index contributed by atoms with van der Waals surface area (Å²) in [5.74, 6) is 1.52. The number of hydrogen-bond donors (Lipinski definition) is 1. The van der Waals surface area contributed by atoms with Crippen LogP contribution in [0.3, 0.4) is 0 Å². The molecule has 1 aliphatic carbocycles. The molecule has 3 atom stereocenters. The third kappa shape index (κ3) is 3.87. The fourth-order valence-electron chi connectivity index (χ4n) is 4.17. The van der Waals surface area contributed by atoms with Crippen molar-refractivity contribution in [2.45, 2.75) is 57.4 Å². The molecule has 1 aromatic rings. The van der Waals surface area contributed by atoms with E-state index < -0.39 is 0 Å². The largest absolute Gasteiger partial charge is 0.381 e. The summed E-state index contributed by atoms with van der Waals surface area (Å²) in [6.45, 7) is 5.25. The van der Waals surface area contributed by atoms with E-state index in [2.05, 4.69) is 36.5 Å². The van der Waals surface area contributed by atoms with Gasteiger partial charge in [-0.2, -0.15) is 0 Å². The molecular weight excluding hydrogens is 258 g/mol. The van der Waals surface area contributed by atoms with Crippen molar-refractivity contribution in [1.29, 1.82) is 0 Å². The zero-order valence-corrected chi connectivity index (χ0v) is 13.3. The van der Waals surface area contributed by atoms with Crippen LogP contribution in [0.1, 0.15) is 56.1 Å². The molecule has 2 heteroatoms. The Balaban J connectivity index is 1.65. The molecule has 0 amide bonds. The summed E-state index contributed by atoms with van der Waals surface area (Å²) < 4.78 is 5.55. The molecule has 0 radical (unpaired) electrons. The average Bonchev–Trinajstić information content (AvgIpc) is 3.01. The van der Waals surface area contributed by atoms with E-state index >= 15 is 0 Å². The number of ether oxygens (including phenoxy) is 1. The van der Waals surface area contributed by atoms with Gasteiger partial charge in [0.1, 0.15) is 0 Å². The van der Waals surface area contributed by atoms with Crippen LogP contribution in [0.2, 0.25) is 0 Å². The molecule has 0 saturated carbocycles. The monoisotopic (exact) mass is 287 g/mol. The van der Waals surface area contributed by atoms with Crippen LogP contribution in [0, 0.1) is 5.92 Å². The van der Waals surface area contributed by atoms with Gasteiger partial charge >= 0.3 is 0 Å². The lowest BCUT2D eigenvalue weighted by Gasteiger charge is -2.30. The second kappa shape index (κ2) is 7.42. The summed E-state index contributed by atoms with van der Waals surface area (Å²) >= 11 is 0. The van der Waals surface area contributed by atoms with Crippen molar-refractivity contribution in [3.8, 4) is 0 Å². The van der Waals surface area contributed by atoms with Gasteiger partial charge in [-0.3, -0.25) is 0 Å². The standard InChI is InChI=1S/C19H29NO/c1-2-20-18(12-15-10-11-21-14-15)13-17-8-5-7-16-6-3-4-9-19(16)17/h3-4,6,9,15,17-18,20H,2,5,7-8,10-14H2,1H3. The lowest BCUT2D eigenvalue weighted by molar-refractivity contribution is 0.180. The Bertz CT molecular complexity index is 439. The van der Waals surface area contributed by atoms with Gasteiger partial charge in [0.25, 0.3) is 0 Å². The molecular formula is C19H29NO. The number of benzene rings is 1. The van der Waals surface area contributed by atoms with Crippen LogP contribution in [-0.4, -0.2) is 25.8 Å². The summed E-state index contributed by atoms with van der Waals surface area (Å²) in [6, 6.07) is 9.75. The fourth-order valence-corrected chi connectivity index (χ4v) is 4.17. The van der Waals surface area contributed by atoms with Crippen molar-refractivity contribution in [3.05, 3.63) is 35.4 Å². The van der Waals surface area contributed by atoms with Crippen molar-refractivity contribution in [2.24, 2.45) is 5.92 Å². The van der Waals surface area contributed by atoms with E-state index in [1.165, 1.54) is 38.5 Å². The van der Waals surface area contributed by atoms with Crippen molar-refractivity contribution in [3.63, 3.8) is 0 Å². The summed E-state index contributed by atoms with van der Waals surface area (Å²) in [5, 5.41) is 3.73. The Labute approximate surface area is 129 Å². The first-order valence-electron chi connectivity index (χ1n) is 8.75. The van der Waals surface area contributed by atoms with Gasteiger partial charge in [-0.25, -0.2) is 0 Å². The molecule has 1 saturated heterocycles. The number of fused-ring (bicyclic) bond motifs is 1. The van der Waals surface area contributed by atoms with Crippen LogP contribution in [0.5, 0.6) is 0 Å². The van der Waals surface area contributed by atoms with Gasteiger partial charge in [-0.1, -0.05) is 31.2 Å². The van der Waals surface area contributed by atoms with Crippen LogP contribution in [0.4, 0.5) is 0 Å². The summed E-state index contributed by atoms with van der Waals surface area (Å²) in [5.41, 5.74) is 3.21. The van der Waals surface area contributed by atoms with E-state index in [1.807, 2.05) is 0 Å². The maximum absolute atomic E-state index is 5.55. The summed E-state index contributed by atoms with van der Waals surface area (Å²) in [4.78, 5) is 0. The van der Waals surface area contributed by atoms with E-state index in [0.717, 1.165) is 31.6 Å². The van der Waals surface area contributed by atoms with Crippen LogP contribution >= 0.6 is 0 Å². The first kappa shape index (κ1) is 15.1. The maximum Gasteiger partial charge on any atom is 0.0495 e. The zero-order chi connectivity index (χ0) is 14.5. The van der Waals surface area contributed by atoms with Crippen LogP contribution in [0.25, 0.3) is 0 Å². The lowest BCUT2D eigenvalue weighted by Crippen LogP contribution is -2.33. The average molecular weight is 287 g/mol. The first-order valence-corrected chi connectivity index (χ1v) is 8.75. The smallest absolute Gasteiger partial charge is 0.0495 e. The van der Waals surface area contributed by atoms with Crippen LogP contribution in [-0.2, 0) is 11.2 Å². The molecule has 1 heterocycles. The van der Waals surface area contributed by atoms with Crippen LogP contribution in [0.15, 0.2) is 24.3 Å². The van der Waals surface area contributed by atoms with E-state index in [0.29, 0.717) is 6.04 Å². The Morgan fingerprint density at radius 3 is 2.95 bits per heavy atom. The zero-order valence-electron chi connectivity index (χ0n) is 13.3. The van der Waals surface area contributed by atoms with Gasteiger partial charge in [0, 0.05) is 19.3 Å². The predicted octanol–water partition coefficient (Wildman–Crippen LogP) is 3.90. The molecule has 3 rings (SSSR count). The topological polar surface area (TPSA) is 21.3 Å². The van der Waals surface area contributed by atoms with E-state index in [1.54, 1.807) is 11.1 Å². The second-order valence-corrected chi connectivity index (χ2v) is 6.74. The Kier molecular flexibility index (Phi) is 5.32. The van der Waals surface area contributed by atoms with Crippen molar-refractivity contribution in [1.82, 2.24) is 5.32 Å². The predicted molar refractivity (Wildman–Crippen MR) is 87.7 cm³/mol. The van der Waals surface area contributed by atoms with Crippen molar-refractivity contribution in [2.75, 3.05) is 19.8 Å². The minimum Gasteiger partial charge on any atom is -0.381 e. The molecule has 3 unspecified atom stereocenters. The van der Waals surface area contributed by atoms with Gasteiger partial charge in [0.05, 0.1) is 0 Å². The number of rotatable bonds is 6. The second-order valence-electron chi connectivity index (χ2n) is 6.74. The van der Waals surface area contributed by atoms with Gasteiger partial charge < -0.3 is 10.1 Å². The number of hydrogen-bond acceptors (Lipinski definition) is 2. The van der Waals surface area contributed by atoms with Crippen molar-refractivity contribution < 1.29 is 4.74 Å². The minimum atomic E-state index is 0.651. The molecule has 116 valence electrons. The van der Waals surface area contributed by atoms with E-state index in [-0.39, 0.29) is 0 Å². The van der Waals surface area contributed by atoms with Crippen LogP contribution < -0.4 is 5.32 Å². The molecule has 1 aliphatic heterocycles. The molecule has 1 aromatic carbocycles. The molecule has 1 N–H and O–H groups in total. The lowest BCUT2D eigenvalue weighted by atomic mass is 9.78. The fraction of sp³-hybridized carbons (Fsp3) is 0.684. The molecule has 1 fully saturated rings. The van der Waals surface area contributed by atoms with Crippen molar-refractivity contribution >= 4 is 0 Å². The normalized spacial score (nSPS) is 26.5. The number of nitrogens with one attached hydrogen (secondary N) is 1. The van der Waals surface area contributed by atoms with Gasteiger partial charge in [-0.05, 0) is 68.0 Å². The maximum atomic E-state index is 5.55. The highest BCUT2D eigenvalue weighted by Gasteiger charge is 2.26. The Morgan fingerprint density at radius 2 is 2.14 bits per heavy atom. The Morgan fingerprint density at radius 1 is 1.24 bits per heavy atom. The highest BCUT2D eigenvalue weighted by atomic mass is 16.5. The quantitative estimate of drug-likeness (QED) is 0.856. The molecule has 2 nitrogen and oxygen atoms in total. The van der Waals surface area contributed by atoms with E-state index in [4.69, 9.17) is 4.74 Å². The summed E-state index contributed by atoms with van der Waals surface area (Å²) in [6.07, 6.45) is 7.82. The molecule has 0 bridgehead atoms. The number of aryl methyl sites for hydroxylation is 1. The van der Waals surface area contributed by atoms with E-state index in [9.17, 15) is 0 Å². The SMILES string of the molecule is CCNC(CC1CCOC1)CC1CCCc2ccccc21. The highest BCUT2D eigenvalue weighted by molar-refractivity contribution is 5.32. The molecule has 2 aliphatic rings. The highest BCUT2D eigenvalue weighted by Crippen LogP contribution is 2.35. The third-order valence-electron chi connectivity index (χ3n) is 5.20. The van der Waals surface area contributed by atoms with Gasteiger partial charge in [-0.15, -0.1) is 0 Å². The summed E-state index contributed by atoms with van der Waals surface area (Å²) in [7, 11) is 0. The van der Waals surface area contributed by atoms with Gasteiger partial charge in [0.15, 0.2) is 0 Å². The minimum absolute atomic E-state index is 0.651. The molecule has 21 heavy (non-hydrogen) atoms. The van der Waals surface area contributed by atoms with Gasteiger partial charge in [0.2, 0.25) is 0 Å².